The molecule has 1 amide bonds. The monoisotopic (exact) mass is 315 g/mol. The van der Waals surface area contributed by atoms with Gasteiger partial charge in [-0.1, -0.05) is 15.9 Å². The molecule has 0 aliphatic carbocycles. The van der Waals surface area contributed by atoms with Crippen molar-refractivity contribution in [2.24, 2.45) is 0 Å². The third-order valence-electron chi connectivity index (χ3n) is 2.71. The van der Waals surface area contributed by atoms with Crippen molar-refractivity contribution in [2.75, 3.05) is 11.4 Å². The van der Waals surface area contributed by atoms with Crippen molar-refractivity contribution in [1.82, 2.24) is 0 Å². The normalized spacial score (nSPS) is 19.8. The Kier molecular flexibility index (Phi) is 3.54. The lowest BCUT2D eigenvalue weighted by atomic mass is 10.1. The second kappa shape index (κ2) is 4.78. The van der Waals surface area contributed by atoms with E-state index >= 15 is 0 Å². The van der Waals surface area contributed by atoms with Crippen molar-refractivity contribution in [2.45, 2.75) is 18.7 Å². The number of ketones is 1. The Morgan fingerprint density at radius 2 is 2.24 bits per heavy atom. The van der Waals surface area contributed by atoms with Gasteiger partial charge in [0.2, 0.25) is 5.91 Å². The van der Waals surface area contributed by atoms with Gasteiger partial charge in [0.15, 0.2) is 5.78 Å². The highest BCUT2D eigenvalue weighted by molar-refractivity contribution is 9.10. The molecule has 0 N–H and O–H groups in total. The molecular weight excluding hydrogens is 305 g/mol. The van der Waals surface area contributed by atoms with Gasteiger partial charge in [0.1, 0.15) is 0 Å². The topological polar surface area (TPSA) is 37.4 Å². The summed E-state index contributed by atoms with van der Waals surface area (Å²) in [5.74, 6) is -0.0954. The summed E-state index contributed by atoms with van der Waals surface area (Å²) in [7, 11) is 0. The van der Waals surface area contributed by atoms with Crippen LogP contribution in [0.15, 0.2) is 22.7 Å². The van der Waals surface area contributed by atoms with Crippen LogP contribution in [0.4, 0.5) is 5.69 Å². The molecular formula is C12H11BrClNO2. The molecule has 1 aliphatic heterocycles. The first-order valence-electron chi connectivity index (χ1n) is 5.24. The van der Waals surface area contributed by atoms with E-state index in [1.807, 2.05) is 6.07 Å². The van der Waals surface area contributed by atoms with Crippen LogP contribution in [-0.4, -0.2) is 23.6 Å². The van der Waals surface area contributed by atoms with Crippen LogP contribution < -0.4 is 4.90 Å². The molecule has 2 rings (SSSR count). The van der Waals surface area contributed by atoms with Crippen molar-refractivity contribution in [3.63, 3.8) is 0 Å². The molecule has 1 fully saturated rings. The first kappa shape index (κ1) is 12.6. The Hall–Kier alpha value is -0.870. The summed E-state index contributed by atoms with van der Waals surface area (Å²) in [6, 6.07) is 5.32. The number of hydrogen-bond acceptors (Lipinski definition) is 2. The van der Waals surface area contributed by atoms with E-state index in [0.29, 0.717) is 24.2 Å². The van der Waals surface area contributed by atoms with Crippen LogP contribution in [0, 0.1) is 0 Å². The van der Waals surface area contributed by atoms with Gasteiger partial charge in [-0.3, -0.25) is 9.59 Å². The van der Waals surface area contributed by atoms with E-state index in [1.165, 1.54) is 6.92 Å². The molecule has 1 atom stereocenters. The number of nitrogens with zero attached hydrogens (tertiary/aromatic N) is 1. The Bertz CT molecular complexity index is 489. The Morgan fingerprint density at radius 3 is 2.76 bits per heavy atom. The number of benzene rings is 1. The molecule has 1 saturated heterocycles. The maximum atomic E-state index is 11.8. The van der Waals surface area contributed by atoms with E-state index in [4.69, 9.17) is 11.6 Å². The smallest absolute Gasteiger partial charge is 0.228 e. The van der Waals surface area contributed by atoms with Crippen molar-refractivity contribution in [3.05, 3.63) is 28.2 Å². The molecule has 0 spiro atoms. The number of carbonyl (C=O) groups is 2. The second-order valence-corrected chi connectivity index (χ2v) is 5.56. The fraction of sp³-hybridized carbons (Fsp3) is 0.333. The maximum Gasteiger partial charge on any atom is 0.228 e. The minimum atomic E-state index is -0.175. The quantitative estimate of drug-likeness (QED) is 0.621. The van der Waals surface area contributed by atoms with Crippen molar-refractivity contribution in [3.8, 4) is 0 Å². The number of rotatable bonds is 2. The van der Waals surface area contributed by atoms with Crippen LogP contribution >= 0.6 is 27.5 Å². The highest BCUT2D eigenvalue weighted by atomic mass is 79.9. The Balaban J connectivity index is 2.45. The predicted octanol–water partition coefficient (Wildman–Crippen LogP) is 3.00. The van der Waals surface area contributed by atoms with Gasteiger partial charge in [0.25, 0.3) is 0 Å². The van der Waals surface area contributed by atoms with E-state index in [0.717, 1.165) is 4.47 Å². The zero-order valence-electron chi connectivity index (χ0n) is 9.24. The van der Waals surface area contributed by atoms with Crippen LogP contribution in [0.3, 0.4) is 0 Å². The van der Waals surface area contributed by atoms with Crippen molar-refractivity contribution in [1.29, 1.82) is 0 Å². The lowest BCUT2D eigenvalue weighted by Crippen LogP contribution is -2.26. The molecule has 5 heteroatoms. The summed E-state index contributed by atoms with van der Waals surface area (Å²) < 4.78 is 0.820. The highest BCUT2D eigenvalue weighted by Gasteiger charge is 2.30. The largest absolute Gasteiger partial charge is 0.310 e. The molecule has 1 aromatic rings. The van der Waals surface area contributed by atoms with Gasteiger partial charge in [-0.2, -0.15) is 0 Å². The number of Topliss-reactive ketones (excluding diaryl/α,β-unsaturated/α-hetero) is 1. The van der Waals surface area contributed by atoms with Gasteiger partial charge in [-0.25, -0.2) is 0 Å². The summed E-state index contributed by atoms with van der Waals surface area (Å²) in [4.78, 5) is 24.9. The molecule has 1 aliphatic rings. The Morgan fingerprint density at radius 1 is 1.53 bits per heavy atom. The van der Waals surface area contributed by atoms with Gasteiger partial charge in [0, 0.05) is 23.0 Å². The molecule has 1 heterocycles. The standard InChI is InChI=1S/C12H11BrClNO2/c1-7(16)10-4-8(13)2-3-11(10)15-6-9(14)5-12(15)17/h2-4,9H,5-6H2,1H3. The number of hydrogen-bond donors (Lipinski definition) is 0. The third kappa shape index (κ3) is 2.53. The van der Waals surface area contributed by atoms with Gasteiger partial charge in [-0.15, -0.1) is 11.6 Å². The number of amides is 1. The number of carbonyl (C=O) groups excluding carboxylic acids is 2. The molecule has 0 bridgehead atoms. The van der Waals surface area contributed by atoms with Gasteiger partial charge < -0.3 is 4.90 Å². The molecule has 90 valence electrons. The minimum absolute atomic E-state index is 0.0326. The first-order chi connectivity index (χ1) is 7.99. The first-order valence-corrected chi connectivity index (χ1v) is 6.47. The summed E-state index contributed by atoms with van der Waals surface area (Å²) in [5, 5.41) is -0.175. The summed E-state index contributed by atoms with van der Waals surface area (Å²) in [6.45, 7) is 1.95. The molecule has 0 aromatic heterocycles. The molecule has 1 aromatic carbocycles. The number of alkyl halides is 1. The minimum Gasteiger partial charge on any atom is -0.310 e. The number of halogens is 2. The predicted molar refractivity (Wildman–Crippen MR) is 70.8 cm³/mol. The van der Waals surface area contributed by atoms with E-state index in [-0.39, 0.29) is 17.1 Å². The lowest BCUT2D eigenvalue weighted by molar-refractivity contribution is -0.117. The van der Waals surface area contributed by atoms with Crippen molar-refractivity contribution >= 4 is 44.9 Å². The van der Waals surface area contributed by atoms with Crippen LogP contribution in [0.1, 0.15) is 23.7 Å². The van der Waals surface area contributed by atoms with Crippen LogP contribution in [0.25, 0.3) is 0 Å². The van der Waals surface area contributed by atoms with Gasteiger partial charge >= 0.3 is 0 Å². The SMILES string of the molecule is CC(=O)c1cc(Br)ccc1N1CC(Cl)CC1=O. The second-order valence-electron chi connectivity index (χ2n) is 4.02. The lowest BCUT2D eigenvalue weighted by Gasteiger charge is -2.19. The fourth-order valence-corrected chi connectivity index (χ4v) is 2.55. The number of anilines is 1. The molecule has 0 saturated carbocycles. The van der Waals surface area contributed by atoms with E-state index in [2.05, 4.69) is 15.9 Å². The zero-order chi connectivity index (χ0) is 12.6. The van der Waals surface area contributed by atoms with Crippen LogP contribution in [-0.2, 0) is 4.79 Å². The van der Waals surface area contributed by atoms with Crippen molar-refractivity contribution < 1.29 is 9.59 Å². The van der Waals surface area contributed by atoms with E-state index in [9.17, 15) is 9.59 Å². The van der Waals surface area contributed by atoms with Crippen LogP contribution in [0.5, 0.6) is 0 Å². The molecule has 1 unspecified atom stereocenters. The van der Waals surface area contributed by atoms with Gasteiger partial charge in [-0.05, 0) is 25.1 Å². The average molecular weight is 317 g/mol. The summed E-state index contributed by atoms with van der Waals surface area (Å²) in [5.41, 5.74) is 1.19. The van der Waals surface area contributed by atoms with E-state index < -0.39 is 0 Å². The summed E-state index contributed by atoms with van der Waals surface area (Å²) in [6.07, 6.45) is 0.328. The average Bonchev–Trinajstić information content (AvgIpc) is 2.57. The maximum absolute atomic E-state index is 11.8. The molecule has 17 heavy (non-hydrogen) atoms. The van der Waals surface area contributed by atoms with E-state index in [1.54, 1.807) is 17.0 Å². The highest BCUT2D eigenvalue weighted by Crippen LogP contribution is 2.29. The zero-order valence-corrected chi connectivity index (χ0v) is 11.6. The molecule has 3 nitrogen and oxygen atoms in total. The third-order valence-corrected chi connectivity index (χ3v) is 3.49. The molecule has 0 radical (unpaired) electrons. The fourth-order valence-electron chi connectivity index (χ4n) is 1.92. The summed E-state index contributed by atoms with van der Waals surface area (Å²) >= 11 is 9.28. The van der Waals surface area contributed by atoms with Gasteiger partial charge in [0.05, 0.1) is 11.1 Å². The Labute approximate surface area is 113 Å². The van der Waals surface area contributed by atoms with Crippen LogP contribution in [0.2, 0.25) is 0 Å².